The molecule has 0 bridgehead atoms. The van der Waals surface area contributed by atoms with Gasteiger partial charge in [-0.1, -0.05) is 32.0 Å². The van der Waals surface area contributed by atoms with Gasteiger partial charge in [-0.2, -0.15) is 0 Å². The van der Waals surface area contributed by atoms with Gasteiger partial charge in [0, 0.05) is 12.0 Å². The van der Waals surface area contributed by atoms with E-state index in [1.165, 1.54) is 7.11 Å². The second-order valence-corrected chi connectivity index (χ2v) is 6.71. The smallest absolute Gasteiger partial charge is 0.331 e. The number of esters is 1. The molecule has 1 heterocycles. The van der Waals surface area contributed by atoms with E-state index in [2.05, 4.69) is 19.2 Å². The van der Waals surface area contributed by atoms with Gasteiger partial charge in [-0.15, -0.1) is 0 Å². The first-order valence-electron chi connectivity index (χ1n) is 7.43. The summed E-state index contributed by atoms with van der Waals surface area (Å²) in [4.78, 5) is 12.6. The van der Waals surface area contributed by atoms with Crippen LogP contribution in [0.3, 0.4) is 0 Å². The molecule has 1 aliphatic rings. The molecule has 0 aromatic heterocycles. The van der Waals surface area contributed by atoms with Crippen LogP contribution in [0.1, 0.15) is 39.7 Å². The standard InChI is InChI=1S/C17H25NO3/c1-12(2)10-18-17(15(19)20-5)11-16(3,4)21-14-9-7-6-8-13(14)17/h6-9,12,18H,10-11H2,1-5H3. The van der Waals surface area contributed by atoms with Crippen LogP contribution in [0.4, 0.5) is 0 Å². The molecule has 0 amide bonds. The fourth-order valence-corrected chi connectivity index (χ4v) is 2.94. The summed E-state index contributed by atoms with van der Waals surface area (Å²) in [5, 5.41) is 3.44. The van der Waals surface area contributed by atoms with Crippen molar-refractivity contribution in [2.45, 2.75) is 45.3 Å². The molecule has 0 radical (unpaired) electrons. The minimum Gasteiger partial charge on any atom is -0.487 e. The van der Waals surface area contributed by atoms with E-state index in [4.69, 9.17) is 9.47 Å². The normalized spacial score (nSPS) is 23.3. The quantitative estimate of drug-likeness (QED) is 0.867. The number of methoxy groups -OCH3 is 1. The molecule has 0 saturated heterocycles. The lowest BCUT2D eigenvalue weighted by molar-refractivity contribution is -0.153. The number of ether oxygens (including phenoxy) is 2. The highest BCUT2D eigenvalue weighted by Gasteiger charge is 2.51. The molecule has 1 aromatic rings. The highest BCUT2D eigenvalue weighted by atomic mass is 16.5. The lowest BCUT2D eigenvalue weighted by Gasteiger charge is -2.44. The first kappa shape index (κ1) is 15.8. The molecule has 2 rings (SSSR count). The summed E-state index contributed by atoms with van der Waals surface area (Å²) in [7, 11) is 1.44. The fraction of sp³-hybridized carbons (Fsp3) is 0.588. The maximum Gasteiger partial charge on any atom is 0.331 e. The molecule has 0 aliphatic carbocycles. The Morgan fingerprint density at radius 1 is 1.38 bits per heavy atom. The summed E-state index contributed by atoms with van der Waals surface area (Å²) < 4.78 is 11.1. The predicted octanol–water partition coefficient (Wildman–Crippen LogP) is 2.86. The summed E-state index contributed by atoms with van der Waals surface area (Å²) in [6.45, 7) is 8.97. The number of benzene rings is 1. The lowest BCUT2D eigenvalue weighted by Crippen LogP contribution is -2.58. The molecule has 1 atom stereocenters. The number of carbonyl (C=O) groups is 1. The highest BCUT2D eigenvalue weighted by Crippen LogP contribution is 2.44. The van der Waals surface area contributed by atoms with Gasteiger partial charge in [0.15, 0.2) is 0 Å². The Labute approximate surface area is 126 Å². The van der Waals surface area contributed by atoms with Crippen LogP contribution in [0.15, 0.2) is 24.3 Å². The molecule has 4 nitrogen and oxygen atoms in total. The van der Waals surface area contributed by atoms with Crippen LogP contribution >= 0.6 is 0 Å². The topological polar surface area (TPSA) is 47.6 Å². The van der Waals surface area contributed by atoms with Crippen LogP contribution < -0.4 is 10.1 Å². The summed E-state index contributed by atoms with van der Waals surface area (Å²) in [6, 6.07) is 7.69. The average Bonchev–Trinajstić information content (AvgIpc) is 2.42. The van der Waals surface area contributed by atoms with E-state index in [0.29, 0.717) is 12.3 Å². The molecule has 1 aliphatic heterocycles. The Morgan fingerprint density at radius 3 is 2.67 bits per heavy atom. The predicted molar refractivity (Wildman–Crippen MR) is 82.3 cm³/mol. The molecule has 0 fully saturated rings. The Balaban J connectivity index is 2.53. The largest absolute Gasteiger partial charge is 0.487 e. The van der Waals surface area contributed by atoms with E-state index >= 15 is 0 Å². The monoisotopic (exact) mass is 291 g/mol. The Bertz CT molecular complexity index is 525. The Morgan fingerprint density at radius 2 is 2.05 bits per heavy atom. The molecule has 1 unspecified atom stereocenters. The maximum absolute atomic E-state index is 12.6. The van der Waals surface area contributed by atoms with Crippen LogP contribution in [0.2, 0.25) is 0 Å². The average molecular weight is 291 g/mol. The fourth-order valence-electron chi connectivity index (χ4n) is 2.94. The molecular weight excluding hydrogens is 266 g/mol. The van der Waals surface area contributed by atoms with Crippen LogP contribution in [0.5, 0.6) is 5.75 Å². The summed E-state index contributed by atoms with van der Waals surface area (Å²) in [5.74, 6) is 0.923. The zero-order chi connectivity index (χ0) is 15.7. The van der Waals surface area contributed by atoms with Crippen molar-refractivity contribution in [2.75, 3.05) is 13.7 Å². The number of nitrogens with one attached hydrogen (secondary N) is 1. The van der Waals surface area contributed by atoms with E-state index in [-0.39, 0.29) is 5.97 Å². The zero-order valence-corrected chi connectivity index (χ0v) is 13.5. The van der Waals surface area contributed by atoms with Crippen molar-refractivity contribution in [2.24, 2.45) is 5.92 Å². The van der Waals surface area contributed by atoms with Crippen molar-refractivity contribution in [3.63, 3.8) is 0 Å². The van der Waals surface area contributed by atoms with E-state index in [1.807, 2.05) is 38.1 Å². The number of para-hydroxylation sites is 1. The summed E-state index contributed by atoms with van der Waals surface area (Å²) >= 11 is 0. The van der Waals surface area contributed by atoms with Gasteiger partial charge in [0.2, 0.25) is 0 Å². The lowest BCUT2D eigenvalue weighted by atomic mass is 9.77. The van der Waals surface area contributed by atoms with Gasteiger partial charge >= 0.3 is 5.97 Å². The first-order valence-corrected chi connectivity index (χ1v) is 7.43. The first-order chi connectivity index (χ1) is 9.81. The third kappa shape index (κ3) is 3.05. The Kier molecular flexibility index (Phi) is 4.28. The van der Waals surface area contributed by atoms with Crippen LogP contribution in [-0.4, -0.2) is 25.2 Å². The second kappa shape index (κ2) is 5.68. The van der Waals surface area contributed by atoms with Crippen LogP contribution in [0, 0.1) is 5.92 Å². The number of hydrogen-bond acceptors (Lipinski definition) is 4. The summed E-state index contributed by atoms with van der Waals surface area (Å²) in [6.07, 6.45) is 0.538. The van der Waals surface area contributed by atoms with E-state index < -0.39 is 11.1 Å². The minimum atomic E-state index is -0.850. The number of rotatable bonds is 4. The van der Waals surface area contributed by atoms with Gasteiger partial charge in [-0.25, -0.2) is 4.79 Å². The third-order valence-electron chi connectivity index (χ3n) is 3.77. The van der Waals surface area contributed by atoms with Crippen molar-refractivity contribution in [3.05, 3.63) is 29.8 Å². The van der Waals surface area contributed by atoms with Gasteiger partial charge in [-0.3, -0.25) is 5.32 Å². The van der Waals surface area contributed by atoms with E-state index in [1.54, 1.807) is 0 Å². The molecule has 1 aromatic carbocycles. The van der Waals surface area contributed by atoms with E-state index in [0.717, 1.165) is 17.9 Å². The second-order valence-electron chi connectivity index (χ2n) is 6.71. The van der Waals surface area contributed by atoms with Gasteiger partial charge in [0.1, 0.15) is 16.9 Å². The number of carbonyl (C=O) groups excluding carboxylic acids is 1. The van der Waals surface area contributed by atoms with Gasteiger partial charge in [-0.05, 0) is 32.4 Å². The molecule has 0 spiro atoms. The highest BCUT2D eigenvalue weighted by molar-refractivity contribution is 5.84. The molecule has 0 saturated carbocycles. The van der Waals surface area contributed by atoms with Crippen molar-refractivity contribution in [1.29, 1.82) is 0 Å². The third-order valence-corrected chi connectivity index (χ3v) is 3.77. The van der Waals surface area contributed by atoms with Gasteiger partial charge < -0.3 is 9.47 Å². The van der Waals surface area contributed by atoms with Crippen molar-refractivity contribution < 1.29 is 14.3 Å². The molecule has 4 heteroatoms. The molecule has 1 N–H and O–H groups in total. The van der Waals surface area contributed by atoms with Crippen LogP contribution in [-0.2, 0) is 15.1 Å². The molecular formula is C17H25NO3. The van der Waals surface area contributed by atoms with Crippen molar-refractivity contribution in [1.82, 2.24) is 5.32 Å². The number of hydrogen-bond donors (Lipinski definition) is 1. The zero-order valence-electron chi connectivity index (χ0n) is 13.5. The molecule has 116 valence electrons. The van der Waals surface area contributed by atoms with Crippen molar-refractivity contribution >= 4 is 5.97 Å². The van der Waals surface area contributed by atoms with Crippen molar-refractivity contribution in [3.8, 4) is 5.75 Å². The summed E-state index contributed by atoms with van der Waals surface area (Å²) in [5.41, 5.74) is -0.430. The Hall–Kier alpha value is -1.55. The maximum atomic E-state index is 12.6. The van der Waals surface area contributed by atoms with Crippen LogP contribution in [0.25, 0.3) is 0 Å². The molecule has 21 heavy (non-hydrogen) atoms. The van der Waals surface area contributed by atoms with Gasteiger partial charge in [0.25, 0.3) is 0 Å². The number of fused-ring (bicyclic) bond motifs is 1. The SMILES string of the molecule is COC(=O)C1(NCC(C)C)CC(C)(C)Oc2ccccc21. The van der Waals surface area contributed by atoms with Gasteiger partial charge in [0.05, 0.1) is 7.11 Å². The minimum absolute atomic E-state index is 0.257. The van der Waals surface area contributed by atoms with E-state index in [9.17, 15) is 4.79 Å².